The second kappa shape index (κ2) is 47.4. The molecule has 8 aromatic carbocycles. The van der Waals surface area contributed by atoms with Crippen molar-refractivity contribution in [2.45, 2.75) is 95.2 Å². The summed E-state index contributed by atoms with van der Waals surface area (Å²) in [6.07, 6.45) is 5.25. The Bertz CT molecular complexity index is 3890. The first kappa shape index (κ1) is 84.5. The van der Waals surface area contributed by atoms with Gasteiger partial charge in [-0.1, -0.05) is 205 Å². The fourth-order valence-corrected chi connectivity index (χ4v) is 7.68. The van der Waals surface area contributed by atoms with Gasteiger partial charge in [0.25, 0.3) is 0 Å². The molecule has 0 radical (unpaired) electrons. The van der Waals surface area contributed by atoms with Gasteiger partial charge in [0.2, 0.25) is 0 Å². The minimum atomic E-state index is -0.841. The maximum Gasteiger partial charge on any atom is 0.344 e. The smallest absolute Gasteiger partial charge is 0.344 e. The number of benzene rings is 8. The summed E-state index contributed by atoms with van der Waals surface area (Å²) in [5.74, 6) is 6.80. The first-order valence-electron chi connectivity index (χ1n) is 29.3. The Hall–Kier alpha value is -14.7. The van der Waals surface area contributed by atoms with Crippen LogP contribution in [-0.4, -0.2) is 42.9 Å². The van der Waals surface area contributed by atoms with Crippen LogP contribution >= 0.6 is 0 Å². The topological polar surface area (TPSA) is 246 Å². The molecule has 0 atom stereocenters. The quantitative estimate of drug-likeness (QED) is 0.0424. The van der Waals surface area contributed by atoms with E-state index in [0.29, 0.717) is 45.3 Å². The summed E-state index contributed by atoms with van der Waals surface area (Å²) in [4.78, 5) is 56.3. The molecule has 18 heteroatoms. The number of aliphatic hydroxyl groups is 4. The van der Waals surface area contributed by atoms with Crippen molar-refractivity contribution < 1.29 is 53.5 Å². The summed E-state index contributed by atoms with van der Waals surface area (Å²) in [6.45, 7) is 17.3. The fraction of sp³-hybridized carbons (Fsp3) is 0.182. The normalized spacial score (nSPS) is 8.97. The molecule has 14 nitrogen and oxygen atoms in total. The van der Waals surface area contributed by atoms with Crippen LogP contribution in [0.15, 0.2) is 240 Å². The number of carboxylic acid groups (broad SMARTS) is 1. The van der Waals surface area contributed by atoms with Gasteiger partial charge in [-0.3, -0.25) is 9.59 Å². The molecule has 0 aliphatic rings. The molecule has 0 aliphatic carbocycles. The van der Waals surface area contributed by atoms with Crippen LogP contribution < -0.4 is 16.9 Å². The van der Waals surface area contributed by atoms with Crippen LogP contribution in [0.4, 0.5) is 0 Å². The van der Waals surface area contributed by atoms with Crippen LogP contribution in [0.3, 0.4) is 0 Å². The zero-order chi connectivity index (χ0) is 67.5. The summed E-state index contributed by atoms with van der Waals surface area (Å²) in [6, 6.07) is 62.6. The molecule has 11 aromatic rings. The minimum absolute atomic E-state index is 0. The molecule has 0 spiro atoms. The van der Waals surface area contributed by atoms with Crippen molar-refractivity contribution in [2.24, 2.45) is 0 Å². The van der Waals surface area contributed by atoms with E-state index in [-0.39, 0.29) is 55.5 Å². The first-order chi connectivity index (χ1) is 44.2. The van der Waals surface area contributed by atoms with Crippen molar-refractivity contribution in [3.8, 4) is 63.3 Å². The molecular weight excluding hydrogens is 2220 g/mol. The number of aromatic hydroxyl groups is 1. The van der Waals surface area contributed by atoms with Crippen molar-refractivity contribution in [1.29, 1.82) is 0 Å². The van der Waals surface area contributed by atoms with Gasteiger partial charge in [-0.2, -0.15) is 0 Å². The fourth-order valence-electron chi connectivity index (χ4n) is 7.68. The molecule has 0 saturated carbocycles. The summed E-state index contributed by atoms with van der Waals surface area (Å²) < 4.78 is 15.9. The largest absolute Gasteiger partial charge is 0.507 e. The average Bonchev–Trinajstić information content (AvgIpc) is 0.967. The van der Waals surface area contributed by atoms with E-state index in [1.165, 1.54) is 6.07 Å². The summed E-state index contributed by atoms with van der Waals surface area (Å²) in [5.41, 5.74) is 8.98. The summed E-state index contributed by atoms with van der Waals surface area (Å²) in [7, 11) is 0. The van der Waals surface area contributed by atoms with E-state index < -0.39 is 5.97 Å². The standard InChI is InChI=1S/3C16H12O3.C9H10O3.C7H6O2.C4H6.C3H4.3C2H6.4Sg/c3*17-10-11-5-7-12(8-6-11)14-9-13-3-1-2-4-15(13)19-16(14)18;10-6-8-3-1-7(2-4-8)5-9(11)12;8-5-6-3-1-2-4-7(6)9;1-3-4-2;1-3-2;3*1-2;;;;/h3*1-9,17H,10H2;1-4,10H,5-6H2,(H,11,12);1-5,9H;1-2H3;1H,2H3;3*1-2H3;;;;. The molecule has 0 amide bonds. The van der Waals surface area contributed by atoms with Crippen molar-refractivity contribution in [2.75, 3.05) is 0 Å². The van der Waals surface area contributed by atoms with Gasteiger partial charge in [-0.15, -0.1) is 24.2 Å². The number of aliphatic carboxylic acids is 1. The minimum Gasteiger partial charge on any atom is -0.507 e. The number of aldehydes is 1. The van der Waals surface area contributed by atoms with Crippen LogP contribution in [0, 0.1) is 24.2 Å². The Morgan fingerprint density at radius 1 is 0.411 bits per heavy atom. The number of carboxylic acids is 1. The van der Waals surface area contributed by atoms with E-state index in [0.717, 1.165) is 60.7 Å². The molecule has 480 valence electrons. The predicted octanol–water partition coefficient (Wildman–Crippen LogP) is 15.6. The molecule has 0 fully saturated rings. The van der Waals surface area contributed by atoms with Crippen LogP contribution in [0.5, 0.6) is 5.75 Å². The summed E-state index contributed by atoms with van der Waals surface area (Å²) in [5, 5.41) is 55.7. The number of aliphatic hydroxyl groups excluding tert-OH is 4. The van der Waals surface area contributed by atoms with E-state index in [4.69, 9.17) is 43.9 Å². The average molecular weight is 2310 g/mol. The maximum absolute atomic E-state index is 12.0. The molecule has 6 N–H and O–H groups in total. The van der Waals surface area contributed by atoms with Crippen LogP contribution in [0.25, 0.3) is 66.3 Å². The number of hydrogen-bond donors (Lipinski definition) is 6. The monoisotopic (exact) mass is 2310 g/mol. The van der Waals surface area contributed by atoms with Gasteiger partial charge in [0, 0.05) is 16.2 Å². The van der Waals surface area contributed by atoms with Crippen molar-refractivity contribution in [3.63, 3.8) is 0 Å². The Labute approximate surface area is 531 Å². The van der Waals surface area contributed by atoms with Gasteiger partial charge in [-0.05, 0) is 114 Å². The van der Waals surface area contributed by atoms with E-state index in [1.807, 2.05) is 165 Å². The van der Waals surface area contributed by atoms with Crippen LogP contribution in [-0.2, 0) is 37.6 Å². The van der Waals surface area contributed by atoms with Gasteiger partial charge >= 0.3 is 22.8 Å². The molecule has 0 saturated heterocycles. The number of para-hydroxylation sites is 4. The third kappa shape index (κ3) is 27.1. The predicted molar refractivity (Wildman–Crippen MR) is 366 cm³/mol. The van der Waals surface area contributed by atoms with E-state index in [1.54, 1.807) is 104 Å². The van der Waals surface area contributed by atoms with Crippen molar-refractivity contribution in [3.05, 3.63) is 277 Å². The van der Waals surface area contributed by atoms with E-state index in [9.17, 15) is 24.0 Å². The van der Waals surface area contributed by atoms with Crippen molar-refractivity contribution in [1.82, 2.24) is 0 Å². The Morgan fingerprint density at radius 2 is 0.653 bits per heavy atom. The number of carbonyl (C=O) groups excluding carboxylic acids is 1. The van der Waals surface area contributed by atoms with Gasteiger partial charge in [0.05, 0.1) is 55.1 Å². The van der Waals surface area contributed by atoms with Gasteiger partial charge < -0.3 is 43.9 Å². The summed E-state index contributed by atoms with van der Waals surface area (Å²) >= 11 is 0. The first-order valence-corrected chi connectivity index (χ1v) is 29.3. The van der Waals surface area contributed by atoms with Gasteiger partial charge in [-0.25, -0.2) is 14.4 Å². The molecule has 95 heavy (non-hydrogen) atoms. The van der Waals surface area contributed by atoms with Gasteiger partial charge in [0.15, 0.2) is 6.29 Å². The molecular formula is C77H80O14Sg4. The Morgan fingerprint density at radius 3 is 0.884 bits per heavy atom. The molecule has 0 bridgehead atoms. The van der Waals surface area contributed by atoms with Crippen molar-refractivity contribution >= 4 is 45.2 Å². The number of phenolic OH excluding ortho intramolecular Hbond substituents is 1. The number of phenols is 1. The molecule has 11 rings (SSSR count). The molecule has 3 aromatic heterocycles. The van der Waals surface area contributed by atoms with Crippen LogP contribution in [0.1, 0.15) is 100 Å². The number of rotatable bonds is 10. The van der Waals surface area contributed by atoms with Gasteiger partial charge in [0.1, 0.15) is 22.5 Å². The second-order valence-electron chi connectivity index (χ2n) is 18.0. The zero-order valence-electron chi connectivity index (χ0n) is 55.7. The number of fused-ring (bicyclic) bond motifs is 3. The molecule has 3 heterocycles. The second-order valence-corrected chi connectivity index (χ2v) is 18.0. The number of carbonyl (C=O) groups is 2. The SMILES string of the molecule is C#CC.CC.CC.CC.CC#CC.O=C(O)Cc1ccc(CO)cc1.O=Cc1ccccc1O.O=c1oc2ccccc2cc1-c1ccc(CO)cc1.O=c1oc2ccccc2cc1-c1ccc(CO)cc1.O=c1oc2ccccc2cc1-c1ccc(CO)cc1.[Sg].[Sg].[Sg].[Sg]. The third-order valence-electron chi connectivity index (χ3n) is 12.1. The Kier molecular flexibility index (Phi) is 42.1. The number of hydrogen-bond acceptors (Lipinski definition) is 13. The zero-order valence-corrected chi connectivity index (χ0v) is 81.6. The van der Waals surface area contributed by atoms with Crippen LogP contribution in [0.2, 0.25) is 0 Å². The Balaban J connectivity index is -0.00000107. The van der Waals surface area contributed by atoms with E-state index >= 15 is 0 Å². The molecule has 0 unspecified atom stereocenters. The molecule has 0 aliphatic heterocycles. The number of terminal acetylenes is 1. The van der Waals surface area contributed by atoms with E-state index in [2.05, 4.69) is 24.2 Å². The third-order valence-corrected chi connectivity index (χ3v) is 12.1. The maximum atomic E-state index is 12.0.